The van der Waals surface area contributed by atoms with Crippen molar-refractivity contribution in [2.75, 3.05) is 47.0 Å². The van der Waals surface area contributed by atoms with Crippen LogP contribution < -0.4 is 15.4 Å². The maximum absolute atomic E-state index is 5.47. The van der Waals surface area contributed by atoms with Gasteiger partial charge in [-0.25, -0.2) is 4.98 Å². The van der Waals surface area contributed by atoms with Crippen molar-refractivity contribution < 1.29 is 9.47 Å². The molecule has 0 amide bonds. The number of morpholine rings is 1. The fourth-order valence-corrected chi connectivity index (χ4v) is 3.04. The van der Waals surface area contributed by atoms with Gasteiger partial charge < -0.3 is 20.1 Å². The maximum atomic E-state index is 5.47. The number of aliphatic imine (C=N–C) groups is 1. The molecule has 1 atom stereocenters. The molecule has 2 N–H and O–H groups in total. The van der Waals surface area contributed by atoms with E-state index < -0.39 is 0 Å². The van der Waals surface area contributed by atoms with Crippen molar-refractivity contribution in [1.82, 2.24) is 20.5 Å². The Morgan fingerprint density at radius 3 is 2.76 bits per heavy atom. The lowest BCUT2D eigenvalue weighted by Gasteiger charge is -2.37. The summed E-state index contributed by atoms with van der Waals surface area (Å²) in [5, 5.41) is 6.78. The van der Waals surface area contributed by atoms with E-state index in [0.29, 0.717) is 24.4 Å². The van der Waals surface area contributed by atoms with Crippen LogP contribution in [0.15, 0.2) is 23.3 Å². The second kappa shape index (κ2) is 10.2. The van der Waals surface area contributed by atoms with Gasteiger partial charge in [-0.15, -0.1) is 0 Å². The third-order valence-electron chi connectivity index (χ3n) is 4.48. The largest absolute Gasteiger partial charge is 0.481 e. The van der Waals surface area contributed by atoms with E-state index in [1.165, 1.54) is 0 Å². The van der Waals surface area contributed by atoms with Gasteiger partial charge in [-0.2, -0.15) is 0 Å². The average molecular weight is 349 g/mol. The summed E-state index contributed by atoms with van der Waals surface area (Å²) in [6, 6.07) is 4.36. The van der Waals surface area contributed by atoms with Gasteiger partial charge in [0.25, 0.3) is 0 Å². The van der Waals surface area contributed by atoms with Crippen molar-refractivity contribution in [2.45, 2.75) is 26.4 Å². The molecule has 2 rings (SSSR count). The van der Waals surface area contributed by atoms with Crippen molar-refractivity contribution in [3.8, 4) is 5.88 Å². The normalized spacial score (nSPS) is 17.4. The zero-order valence-electron chi connectivity index (χ0n) is 15.8. The SMILES string of the molecule is CN=C(NCc1cccnc1OC)NCC(C(C)C)N1CCOCC1. The van der Waals surface area contributed by atoms with Gasteiger partial charge in [-0.05, 0) is 12.0 Å². The molecule has 1 aromatic heterocycles. The molecule has 7 heteroatoms. The second-order valence-corrected chi connectivity index (χ2v) is 6.44. The average Bonchev–Trinajstić information content (AvgIpc) is 2.65. The maximum Gasteiger partial charge on any atom is 0.218 e. The van der Waals surface area contributed by atoms with Gasteiger partial charge in [0.2, 0.25) is 5.88 Å². The number of aromatic nitrogens is 1. The molecule has 0 saturated carbocycles. The van der Waals surface area contributed by atoms with Gasteiger partial charge in [0.1, 0.15) is 0 Å². The number of nitrogens with zero attached hydrogens (tertiary/aromatic N) is 3. The molecule has 1 unspecified atom stereocenters. The Morgan fingerprint density at radius 1 is 1.36 bits per heavy atom. The van der Waals surface area contributed by atoms with Crippen LogP contribution >= 0.6 is 0 Å². The molecule has 0 aliphatic carbocycles. The molecule has 1 aromatic rings. The van der Waals surface area contributed by atoms with Gasteiger partial charge in [0, 0.05) is 51.0 Å². The Kier molecular flexibility index (Phi) is 7.94. The number of ether oxygens (including phenoxy) is 2. The zero-order chi connectivity index (χ0) is 18.1. The highest BCUT2D eigenvalue weighted by Gasteiger charge is 2.23. The smallest absolute Gasteiger partial charge is 0.218 e. The number of guanidine groups is 1. The molecule has 140 valence electrons. The van der Waals surface area contributed by atoms with Crippen LogP contribution in [0.3, 0.4) is 0 Å². The molecule has 0 aromatic carbocycles. The van der Waals surface area contributed by atoms with E-state index in [4.69, 9.17) is 9.47 Å². The first-order valence-corrected chi connectivity index (χ1v) is 8.90. The summed E-state index contributed by atoms with van der Waals surface area (Å²) in [4.78, 5) is 11.0. The van der Waals surface area contributed by atoms with Crippen LogP contribution in [0, 0.1) is 5.92 Å². The lowest BCUT2D eigenvalue weighted by Crippen LogP contribution is -2.52. The number of nitrogens with one attached hydrogen (secondary N) is 2. The predicted molar refractivity (Wildman–Crippen MR) is 100 cm³/mol. The van der Waals surface area contributed by atoms with Crippen LogP contribution in [0.1, 0.15) is 19.4 Å². The molecule has 0 spiro atoms. The van der Waals surface area contributed by atoms with Crippen LogP contribution in [-0.2, 0) is 11.3 Å². The molecule has 0 bridgehead atoms. The minimum Gasteiger partial charge on any atom is -0.481 e. The van der Waals surface area contributed by atoms with Gasteiger partial charge in [0.15, 0.2) is 5.96 Å². The molecular formula is C18H31N5O2. The fourth-order valence-electron chi connectivity index (χ4n) is 3.04. The van der Waals surface area contributed by atoms with Crippen molar-refractivity contribution >= 4 is 5.96 Å². The molecule has 7 nitrogen and oxygen atoms in total. The van der Waals surface area contributed by atoms with Gasteiger partial charge in [-0.3, -0.25) is 9.89 Å². The van der Waals surface area contributed by atoms with Crippen LogP contribution in [0.25, 0.3) is 0 Å². The fraction of sp³-hybridized carbons (Fsp3) is 0.667. The van der Waals surface area contributed by atoms with E-state index in [1.807, 2.05) is 12.1 Å². The number of methoxy groups -OCH3 is 1. The Labute approximate surface area is 150 Å². The summed E-state index contributed by atoms with van der Waals surface area (Å²) < 4.78 is 10.8. The highest BCUT2D eigenvalue weighted by molar-refractivity contribution is 5.79. The first kappa shape index (κ1) is 19.5. The van der Waals surface area contributed by atoms with Gasteiger partial charge in [-0.1, -0.05) is 19.9 Å². The first-order chi connectivity index (χ1) is 12.2. The Bertz CT molecular complexity index is 544. The minimum absolute atomic E-state index is 0.454. The Hall–Kier alpha value is -1.86. The number of hydrogen-bond acceptors (Lipinski definition) is 5. The topological polar surface area (TPSA) is 71.0 Å². The van der Waals surface area contributed by atoms with Crippen LogP contribution in [-0.4, -0.2) is 68.9 Å². The van der Waals surface area contributed by atoms with E-state index in [-0.39, 0.29) is 0 Å². The number of pyridine rings is 1. The summed E-state index contributed by atoms with van der Waals surface area (Å²) in [6.45, 7) is 9.60. The molecule has 1 aliphatic rings. The second-order valence-electron chi connectivity index (χ2n) is 6.44. The Morgan fingerprint density at radius 2 is 2.12 bits per heavy atom. The molecule has 2 heterocycles. The van der Waals surface area contributed by atoms with E-state index in [9.17, 15) is 0 Å². The highest BCUT2D eigenvalue weighted by Crippen LogP contribution is 2.13. The highest BCUT2D eigenvalue weighted by atomic mass is 16.5. The number of hydrogen-bond donors (Lipinski definition) is 2. The molecule has 0 radical (unpaired) electrons. The van der Waals surface area contributed by atoms with Crippen LogP contribution in [0.4, 0.5) is 0 Å². The van der Waals surface area contributed by atoms with Gasteiger partial charge in [0.05, 0.1) is 20.3 Å². The predicted octanol–water partition coefficient (Wildman–Crippen LogP) is 1.11. The van der Waals surface area contributed by atoms with Gasteiger partial charge >= 0.3 is 0 Å². The summed E-state index contributed by atoms with van der Waals surface area (Å²) >= 11 is 0. The summed E-state index contributed by atoms with van der Waals surface area (Å²) in [5.41, 5.74) is 1.00. The number of rotatable bonds is 7. The molecule has 25 heavy (non-hydrogen) atoms. The minimum atomic E-state index is 0.454. The zero-order valence-corrected chi connectivity index (χ0v) is 15.8. The first-order valence-electron chi connectivity index (χ1n) is 8.90. The summed E-state index contributed by atoms with van der Waals surface area (Å²) in [7, 11) is 3.42. The lowest BCUT2D eigenvalue weighted by atomic mass is 10.0. The van der Waals surface area contributed by atoms with Crippen LogP contribution in [0.2, 0.25) is 0 Å². The Balaban J connectivity index is 1.88. The van der Waals surface area contributed by atoms with E-state index in [0.717, 1.165) is 44.4 Å². The summed E-state index contributed by atoms with van der Waals surface area (Å²) in [6.07, 6.45) is 1.73. The van der Waals surface area contributed by atoms with Crippen LogP contribution in [0.5, 0.6) is 5.88 Å². The van der Waals surface area contributed by atoms with E-state index in [1.54, 1.807) is 20.4 Å². The van der Waals surface area contributed by atoms with E-state index in [2.05, 4.69) is 39.4 Å². The van der Waals surface area contributed by atoms with Crippen molar-refractivity contribution in [3.63, 3.8) is 0 Å². The standard InChI is InChI=1S/C18H31N5O2/c1-14(2)16(23-8-10-25-11-9-23)13-22-18(19-3)21-12-15-6-5-7-20-17(15)24-4/h5-7,14,16H,8-13H2,1-4H3,(H2,19,21,22). The quantitative estimate of drug-likeness (QED) is 0.568. The lowest BCUT2D eigenvalue weighted by molar-refractivity contribution is 0.00752. The van der Waals surface area contributed by atoms with Crippen molar-refractivity contribution in [1.29, 1.82) is 0 Å². The third-order valence-corrected chi connectivity index (χ3v) is 4.48. The molecular weight excluding hydrogens is 318 g/mol. The summed E-state index contributed by atoms with van der Waals surface area (Å²) in [5.74, 6) is 1.98. The van der Waals surface area contributed by atoms with Crippen molar-refractivity contribution in [3.05, 3.63) is 23.9 Å². The van der Waals surface area contributed by atoms with Crippen molar-refractivity contribution in [2.24, 2.45) is 10.9 Å². The van der Waals surface area contributed by atoms with E-state index >= 15 is 0 Å². The monoisotopic (exact) mass is 349 g/mol. The molecule has 1 fully saturated rings. The molecule has 1 saturated heterocycles. The molecule has 1 aliphatic heterocycles. The third kappa shape index (κ3) is 5.86.